The number of anilines is 1. The molecular formula is C23H28N2O2S. The first-order valence-electron chi connectivity index (χ1n) is 10.1. The fourth-order valence-corrected chi connectivity index (χ4v) is 6.04. The third-order valence-electron chi connectivity index (χ3n) is 6.11. The molecule has 0 saturated carbocycles. The van der Waals surface area contributed by atoms with E-state index >= 15 is 0 Å². The number of sulfonamides is 1. The van der Waals surface area contributed by atoms with E-state index in [1.165, 1.54) is 15.4 Å². The van der Waals surface area contributed by atoms with Gasteiger partial charge in [-0.05, 0) is 48.6 Å². The second-order valence-corrected chi connectivity index (χ2v) is 9.66. The molecule has 28 heavy (non-hydrogen) atoms. The number of rotatable bonds is 5. The van der Waals surface area contributed by atoms with Gasteiger partial charge in [0.1, 0.15) is 0 Å². The van der Waals surface area contributed by atoms with Gasteiger partial charge in [-0.15, -0.1) is 0 Å². The lowest BCUT2D eigenvalue weighted by Gasteiger charge is -2.38. The number of fused-ring (bicyclic) bond motifs is 3. The van der Waals surface area contributed by atoms with E-state index in [1.54, 1.807) is 6.07 Å². The SMILES string of the molecule is CCN(CC)S(=O)(=O)c1ccc2c(c1)C1C=CCC1C(c1ccc(C)cc1)N2. The van der Waals surface area contributed by atoms with Gasteiger partial charge in [0.2, 0.25) is 10.0 Å². The summed E-state index contributed by atoms with van der Waals surface area (Å²) in [7, 11) is -3.45. The van der Waals surface area contributed by atoms with Crippen molar-refractivity contribution >= 4 is 15.7 Å². The van der Waals surface area contributed by atoms with Crippen molar-refractivity contribution in [1.29, 1.82) is 0 Å². The molecule has 1 N–H and O–H groups in total. The van der Waals surface area contributed by atoms with Gasteiger partial charge in [0.15, 0.2) is 0 Å². The van der Waals surface area contributed by atoms with Crippen LogP contribution in [0.3, 0.4) is 0 Å². The van der Waals surface area contributed by atoms with Gasteiger partial charge in [0.25, 0.3) is 0 Å². The molecule has 0 saturated heterocycles. The zero-order valence-electron chi connectivity index (χ0n) is 16.7. The minimum atomic E-state index is -3.45. The van der Waals surface area contributed by atoms with Crippen molar-refractivity contribution in [3.8, 4) is 0 Å². The molecule has 0 amide bonds. The van der Waals surface area contributed by atoms with Crippen molar-refractivity contribution in [3.63, 3.8) is 0 Å². The summed E-state index contributed by atoms with van der Waals surface area (Å²) < 4.78 is 27.5. The van der Waals surface area contributed by atoms with E-state index in [-0.39, 0.29) is 12.0 Å². The molecule has 0 fully saturated rings. The van der Waals surface area contributed by atoms with Crippen molar-refractivity contribution in [2.75, 3.05) is 18.4 Å². The van der Waals surface area contributed by atoms with Crippen LogP contribution in [0.25, 0.3) is 0 Å². The maximum atomic E-state index is 13.0. The number of aryl methyl sites for hydroxylation is 1. The van der Waals surface area contributed by atoms with E-state index in [0.717, 1.165) is 17.7 Å². The lowest BCUT2D eigenvalue weighted by Crippen LogP contribution is -2.32. The minimum Gasteiger partial charge on any atom is -0.378 e. The van der Waals surface area contributed by atoms with Crippen LogP contribution in [0.2, 0.25) is 0 Å². The van der Waals surface area contributed by atoms with Crippen LogP contribution in [0, 0.1) is 12.8 Å². The summed E-state index contributed by atoms with van der Waals surface area (Å²) in [6.45, 7) is 6.82. The van der Waals surface area contributed by atoms with Gasteiger partial charge < -0.3 is 5.32 Å². The Labute approximate surface area is 168 Å². The van der Waals surface area contributed by atoms with Gasteiger partial charge in [0.05, 0.1) is 10.9 Å². The molecule has 2 aromatic carbocycles. The van der Waals surface area contributed by atoms with Crippen molar-refractivity contribution in [3.05, 3.63) is 71.3 Å². The highest BCUT2D eigenvalue weighted by Crippen LogP contribution is 2.50. The molecular weight excluding hydrogens is 368 g/mol. The van der Waals surface area contributed by atoms with Gasteiger partial charge in [-0.25, -0.2) is 8.42 Å². The predicted molar refractivity (Wildman–Crippen MR) is 114 cm³/mol. The molecule has 5 heteroatoms. The van der Waals surface area contributed by atoms with E-state index in [1.807, 2.05) is 26.0 Å². The van der Waals surface area contributed by atoms with Gasteiger partial charge >= 0.3 is 0 Å². The zero-order valence-corrected chi connectivity index (χ0v) is 17.5. The second-order valence-electron chi connectivity index (χ2n) is 7.72. The van der Waals surface area contributed by atoms with Crippen LogP contribution >= 0.6 is 0 Å². The molecule has 1 heterocycles. The van der Waals surface area contributed by atoms with E-state index < -0.39 is 10.0 Å². The highest BCUT2D eigenvalue weighted by atomic mass is 32.2. The van der Waals surface area contributed by atoms with Crippen LogP contribution in [0.4, 0.5) is 5.69 Å². The number of benzene rings is 2. The second kappa shape index (κ2) is 7.37. The summed E-state index contributed by atoms with van der Waals surface area (Å²) in [5.41, 5.74) is 4.68. The number of hydrogen-bond donors (Lipinski definition) is 1. The molecule has 0 bridgehead atoms. The molecule has 1 aliphatic carbocycles. The number of nitrogens with one attached hydrogen (secondary N) is 1. The Morgan fingerprint density at radius 3 is 2.46 bits per heavy atom. The van der Waals surface area contributed by atoms with Crippen LogP contribution in [0.15, 0.2) is 59.5 Å². The molecule has 0 spiro atoms. The summed E-state index contributed by atoms with van der Waals surface area (Å²) in [5.74, 6) is 0.649. The Bertz CT molecular complexity index is 992. The molecule has 3 atom stereocenters. The van der Waals surface area contributed by atoms with Crippen LogP contribution in [-0.4, -0.2) is 25.8 Å². The maximum Gasteiger partial charge on any atom is 0.243 e. The third-order valence-corrected chi connectivity index (χ3v) is 8.16. The van der Waals surface area contributed by atoms with Gasteiger partial charge in [0, 0.05) is 24.7 Å². The van der Waals surface area contributed by atoms with Crippen LogP contribution in [-0.2, 0) is 10.0 Å². The Morgan fingerprint density at radius 2 is 1.79 bits per heavy atom. The average molecular weight is 397 g/mol. The first kappa shape index (κ1) is 19.2. The zero-order chi connectivity index (χ0) is 19.9. The van der Waals surface area contributed by atoms with Crippen LogP contribution in [0.5, 0.6) is 0 Å². The molecule has 4 rings (SSSR count). The predicted octanol–water partition coefficient (Wildman–Crippen LogP) is 4.85. The molecule has 148 valence electrons. The molecule has 2 aliphatic rings. The van der Waals surface area contributed by atoms with E-state index in [2.05, 4.69) is 48.7 Å². The van der Waals surface area contributed by atoms with E-state index in [4.69, 9.17) is 0 Å². The summed E-state index contributed by atoms with van der Waals surface area (Å²) >= 11 is 0. The maximum absolute atomic E-state index is 13.0. The van der Waals surface area contributed by atoms with Crippen molar-refractivity contribution in [2.24, 2.45) is 5.92 Å². The van der Waals surface area contributed by atoms with Gasteiger partial charge in [-0.3, -0.25) is 0 Å². The summed E-state index contributed by atoms with van der Waals surface area (Å²) in [6.07, 6.45) is 5.49. The number of nitrogens with zero attached hydrogens (tertiary/aromatic N) is 1. The Hall–Kier alpha value is -2.11. The molecule has 2 aromatic rings. The Kier molecular flexibility index (Phi) is 5.06. The fraction of sp³-hybridized carbons (Fsp3) is 0.391. The molecule has 0 radical (unpaired) electrons. The van der Waals surface area contributed by atoms with Gasteiger partial charge in [-0.1, -0.05) is 55.8 Å². The highest BCUT2D eigenvalue weighted by Gasteiger charge is 2.38. The van der Waals surface area contributed by atoms with Crippen molar-refractivity contribution < 1.29 is 8.42 Å². The molecule has 3 unspecified atom stereocenters. The highest BCUT2D eigenvalue weighted by molar-refractivity contribution is 7.89. The van der Waals surface area contributed by atoms with Crippen molar-refractivity contribution in [1.82, 2.24) is 4.31 Å². The topological polar surface area (TPSA) is 49.4 Å². The first-order chi connectivity index (χ1) is 13.5. The van der Waals surface area contributed by atoms with Crippen molar-refractivity contribution in [2.45, 2.75) is 44.0 Å². The Morgan fingerprint density at radius 1 is 1.07 bits per heavy atom. The largest absolute Gasteiger partial charge is 0.378 e. The van der Waals surface area contributed by atoms with Crippen LogP contribution < -0.4 is 5.32 Å². The fourth-order valence-electron chi connectivity index (χ4n) is 4.55. The quantitative estimate of drug-likeness (QED) is 0.735. The number of hydrogen-bond acceptors (Lipinski definition) is 3. The first-order valence-corrected chi connectivity index (χ1v) is 11.5. The molecule has 1 aliphatic heterocycles. The van der Waals surface area contributed by atoms with E-state index in [0.29, 0.717) is 23.9 Å². The summed E-state index contributed by atoms with van der Waals surface area (Å²) in [5, 5.41) is 3.69. The summed E-state index contributed by atoms with van der Waals surface area (Å²) in [6, 6.07) is 14.5. The smallest absolute Gasteiger partial charge is 0.243 e. The Balaban J connectivity index is 1.74. The lowest BCUT2D eigenvalue weighted by molar-refractivity contribution is 0.424. The van der Waals surface area contributed by atoms with E-state index in [9.17, 15) is 8.42 Å². The average Bonchev–Trinajstić information content (AvgIpc) is 3.18. The monoisotopic (exact) mass is 396 g/mol. The molecule has 0 aromatic heterocycles. The molecule has 4 nitrogen and oxygen atoms in total. The number of allylic oxidation sites excluding steroid dienone is 2. The minimum absolute atomic E-state index is 0.235. The van der Waals surface area contributed by atoms with Crippen LogP contribution in [0.1, 0.15) is 48.9 Å². The summed E-state index contributed by atoms with van der Waals surface area (Å²) in [4.78, 5) is 0.393. The van der Waals surface area contributed by atoms with Gasteiger partial charge in [-0.2, -0.15) is 4.31 Å². The normalized spacial score (nSPS) is 23.4. The third kappa shape index (κ3) is 3.16. The lowest BCUT2D eigenvalue weighted by atomic mass is 9.77. The standard InChI is InChI=1S/C23H28N2O2S/c1-4-25(5-2)28(26,27)18-13-14-22-21(15-18)19-7-6-8-20(19)23(24-22)17-11-9-16(3)10-12-17/h6-7,9-15,19-20,23-24H,4-5,8H2,1-3H3.